The van der Waals surface area contributed by atoms with E-state index in [1.807, 2.05) is 0 Å². The molecule has 1 N–H and O–H groups in total. The molecule has 1 heterocycles. The van der Waals surface area contributed by atoms with Crippen LogP contribution in [0.25, 0.3) is 0 Å². The number of aromatic nitrogens is 1. The molecule has 0 saturated heterocycles. The largest absolute Gasteiger partial charge is 0.477 e. The number of rotatable bonds is 3. The summed E-state index contributed by atoms with van der Waals surface area (Å²) in [7, 11) is 1.64. The first-order chi connectivity index (χ1) is 8.09. The number of hydrogen-bond acceptors (Lipinski definition) is 4. The highest BCUT2D eigenvalue weighted by molar-refractivity contribution is 7.17. The van der Waals surface area contributed by atoms with Gasteiger partial charge in [0.15, 0.2) is 5.13 Å². The molecule has 0 atom stereocenters. The molecule has 1 aromatic carbocycles. The summed E-state index contributed by atoms with van der Waals surface area (Å²) in [6.45, 7) is 0. The Morgan fingerprint density at radius 2 is 2.18 bits per heavy atom. The normalized spacial score (nSPS) is 10.2. The first-order valence-corrected chi connectivity index (χ1v) is 5.58. The molecular weight excluding hydrogens is 243 g/mol. The van der Waals surface area contributed by atoms with Gasteiger partial charge in [0.2, 0.25) is 0 Å². The molecule has 0 bridgehead atoms. The van der Waals surface area contributed by atoms with E-state index in [9.17, 15) is 9.18 Å². The van der Waals surface area contributed by atoms with E-state index >= 15 is 0 Å². The zero-order chi connectivity index (χ0) is 12.4. The molecule has 0 aliphatic rings. The molecule has 4 nitrogen and oxygen atoms in total. The minimum atomic E-state index is -1.03. The summed E-state index contributed by atoms with van der Waals surface area (Å²) in [6, 6.07) is 6.26. The van der Waals surface area contributed by atoms with Crippen molar-refractivity contribution in [1.82, 2.24) is 4.98 Å². The Labute approximate surface area is 101 Å². The average molecular weight is 252 g/mol. The minimum absolute atomic E-state index is 0.128. The van der Waals surface area contributed by atoms with Gasteiger partial charge in [0.25, 0.3) is 0 Å². The highest BCUT2D eigenvalue weighted by Gasteiger charge is 2.14. The lowest BCUT2D eigenvalue weighted by molar-refractivity contribution is 0.0702. The Morgan fingerprint density at radius 1 is 1.47 bits per heavy atom. The number of halogens is 1. The number of hydrogen-bond donors (Lipinski definition) is 1. The number of carboxylic acids is 1. The van der Waals surface area contributed by atoms with Gasteiger partial charge in [-0.25, -0.2) is 14.2 Å². The zero-order valence-electron chi connectivity index (χ0n) is 8.92. The Morgan fingerprint density at radius 3 is 2.76 bits per heavy atom. The maximum absolute atomic E-state index is 13.5. The molecule has 17 heavy (non-hydrogen) atoms. The molecule has 0 fully saturated rings. The van der Waals surface area contributed by atoms with E-state index in [0.717, 1.165) is 11.3 Å². The van der Waals surface area contributed by atoms with Gasteiger partial charge in [0, 0.05) is 7.05 Å². The van der Waals surface area contributed by atoms with Crippen molar-refractivity contribution in [2.45, 2.75) is 0 Å². The average Bonchev–Trinajstić information content (AvgIpc) is 2.78. The van der Waals surface area contributed by atoms with Gasteiger partial charge in [-0.2, -0.15) is 0 Å². The molecule has 88 valence electrons. The van der Waals surface area contributed by atoms with Crippen LogP contribution in [0.2, 0.25) is 0 Å². The van der Waals surface area contributed by atoms with Crippen LogP contribution in [0.1, 0.15) is 9.67 Å². The van der Waals surface area contributed by atoms with Crippen LogP contribution in [-0.4, -0.2) is 23.1 Å². The van der Waals surface area contributed by atoms with E-state index in [0.29, 0.717) is 10.8 Å². The third-order valence-corrected chi connectivity index (χ3v) is 3.27. The van der Waals surface area contributed by atoms with Gasteiger partial charge < -0.3 is 10.0 Å². The van der Waals surface area contributed by atoms with Crippen molar-refractivity contribution in [1.29, 1.82) is 0 Å². The van der Waals surface area contributed by atoms with Gasteiger partial charge in [-0.1, -0.05) is 23.5 Å². The number of aromatic carboxylic acids is 1. The van der Waals surface area contributed by atoms with Crippen molar-refractivity contribution in [3.8, 4) is 0 Å². The van der Waals surface area contributed by atoms with Crippen LogP contribution in [0.15, 0.2) is 30.5 Å². The summed E-state index contributed by atoms with van der Waals surface area (Å²) >= 11 is 1.00. The lowest BCUT2D eigenvalue weighted by Gasteiger charge is -2.16. The molecule has 0 saturated carbocycles. The highest BCUT2D eigenvalue weighted by atomic mass is 32.1. The van der Waals surface area contributed by atoms with Crippen molar-refractivity contribution in [3.05, 3.63) is 41.2 Å². The lowest BCUT2D eigenvalue weighted by atomic mass is 10.3. The summed E-state index contributed by atoms with van der Waals surface area (Å²) in [5.41, 5.74) is 0.360. The summed E-state index contributed by atoms with van der Waals surface area (Å²) < 4.78 is 13.5. The molecule has 0 amide bonds. The number of carboxylic acid groups (broad SMARTS) is 1. The first-order valence-electron chi connectivity index (χ1n) is 4.77. The molecule has 0 spiro atoms. The molecule has 1 aromatic heterocycles. The SMILES string of the molecule is CN(c1ncc(C(=O)O)s1)c1ccccc1F. The van der Waals surface area contributed by atoms with Crippen molar-refractivity contribution in [3.63, 3.8) is 0 Å². The van der Waals surface area contributed by atoms with Gasteiger partial charge in [0.1, 0.15) is 10.7 Å². The number of thiazole rings is 1. The Bertz CT molecular complexity index is 556. The van der Waals surface area contributed by atoms with E-state index in [4.69, 9.17) is 5.11 Å². The van der Waals surface area contributed by atoms with Crippen LogP contribution in [0, 0.1) is 5.82 Å². The second kappa shape index (κ2) is 4.50. The summed E-state index contributed by atoms with van der Waals surface area (Å²) in [6.07, 6.45) is 1.26. The van der Waals surface area contributed by atoms with E-state index in [1.54, 1.807) is 25.2 Å². The second-order valence-electron chi connectivity index (χ2n) is 3.32. The van der Waals surface area contributed by atoms with Gasteiger partial charge in [-0.15, -0.1) is 0 Å². The van der Waals surface area contributed by atoms with E-state index in [-0.39, 0.29) is 10.7 Å². The van der Waals surface area contributed by atoms with Gasteiger partial charge in [-0.3, -0.25) is 0 Å². The van der Waals surface area contributed by atoms with Crippen molar-refractivity contribution in [2.24, 2.45) is 0 Å². The zero-order valence-corrected chi connectivity index (χ0v) is 9.74. The number of para-hydroxylation sites is 1. The topological polar surface area (TPSA) is 53.4 Å². The molecule has 0 aliphatic heterocycles. The Balaban J connectivity index is 2.34. The summed E-state index contributed by atoms with van der Waals surface area (Å²) in [5, 5.41) is 9.22. The van der Waals surface area contributed by atoms with Crippen LogP contribution in [0.3, 0.4) is 0 Å². The fourth-order valence-corrected chi connectivity index (χ4v) is 2.08. The molecule has 0 unspecified atom stereocenters. The summed E-state index contributed by atoms with van der Waals surface area (Å²) in [5.74, 6) is -1.40. The van der Waals surface area contributed by atoms with Crippen molar-refractivity contribution < 1.29 is 14.3 Å². The van der Waals surface area contributed by atoms with E-state index < -0.39 is 5.97 Å². The molecule has 6 heteroatoms. The fourth-order valence-electron chi connectivity index (χ4n) is 1.35. The predicted octanol–water partition coefficient (Wildman–Crippen LogP) is 2.75. The quantitative estimate of drug-likeness (QED) is 0.912. The monoisotopic (exact) mass is 252 g/mol. The van der Waals surface area contributed by atoms with Crippen LogP contribution in [-0.2, 0) is 0 Å². The molecular formula is C11H9FN2O2S. The van der Waals surface area contributed by atoms with Crippen LogP contribution in [0.4, 0.5) is 15.2 Å². The highest BCUT2D eigenvalue weighted by Crippen LogP contribution is 2.29. The third kappa shape index (κ3) is 2.26. The standard InChI is InChI=1S/C11H9FN2O2S/c1-14(8-5-3-2-4-7(8)12)11-13-6-9(17-11)10(15)16/h2-6H,1H3,(H,15,16). The molecule has 2 aromatic rings. The van der Waals surface area contributed by atoms with E-state index in [1.165, 1.54) is 17.2 Å². The third-order valence-electron chi connectivity index (χ3n) is 2.21. The fraction of sp³-hybridized carbons (Fsp3) is 0.0909. The van der Waals surface area contributed by atoms with Gasteiger partial charge in [-0.05, 0) is 12.1 Å². The van der Waals surface area contributed by atoms with Crippen LogP contribution < -0.4 is 4.90 Å². The smallest absolute Gasteiger partial charge is 0.347 e. The molecule has 0 radical (unpaired) electrons. The van der Waals surface area contributed by atoms with Crippen molar-refractivity contribution >= 4 is 28.1 Å². The molecule has 2 rings (SSSR count). The Kier molecular flexibility index (Phi) is 3.06. The van der Waals surface area contributed by atoms with E-state index in [2.05, 4.69) is 4.98 Å². The molecule has 0 aliphatic carbocycles. The van der Waals surface area contributed by atoms with Crippen LogP contribution >= 0.6 is 11.3 Å². The first kappa shape index (κ1) is 11.5. The number of benzene rings is 1. The number of anilines is 2. The van der Waals surface area contributed by atoms with Gasteiger partial charge >= 0.3 is 5.97 Å². The summed E-state index contributed by atoms with van der Waals surface area (Å²) in [4.78, 5) is 16.3. The predicted molar refractivity (Wildman–Crippen MR) is 63.5 cm³/mol. The van der Waals surface area contributed by atoms with Crippen molar-refractivity contribution in [2.75, 3.05) is 11.9 Å². The lowest BCUT2D eigenvalue weighted by Crippen LogP contribution is -2.10. The minimum Gasteiger partial charge on any atom is -0.477 e. The van der Waals surface area contributed by atoms with Crippen LogP contribution in [0.5, 0.6) is 0 Å². The Hall–Kier alpha value is -1.95. The maximum Gasteiger partial charge on any atom is 0.347 e. The number of carbonyl (C=O) groups is 1. The second-order valence-corrected chi connectivity index (χ2v) is 4.33. The number of nitrogens with zero attached hydrogens (tertiary/aromatic N) is 2. The maximum atomic E-state index is 13.5. The van der Waals surface area contributed by atoms with Gasteiger partial charge in [0.05, 0.1) is 11.9 Å².